The van der Waals surface area contributed by atoms with E-state index >= 15 is 0 Å². The van der Waals surface area contributed by atoms with Crippen LogP contribution in [0.4, 0.5) is 0 Å². The molecular weight excluding hydrogens is 220 g/mol. The molecule has 1 atom stereocenters. The van der Waals surface area contributed by atoms with Gasteiger partial charge in [-0.05, 0) is 61.3 Å². The average molecular weight is 238 g/mol. The van der Waals surface area contributed by atoms with Gasteiger partial charge < -0.3 is 4.42 Å². The molecule has 0 saturated carbocycles. The molecule has 0 fully saturated rings. The summed E-state index contributed by atoms with van der Waals surface area (Å²) in [6.45, 7) is 4.38. The van der Waals surface area contributed by atoms with Crippen LogP contribution in [0.5, 0.6) is 0 Å². The molecule has 0 aliphatic heterocycles. The van der Waals surface area contributed by atoms with Gasteiger partial charge in [0.05, 0.1) is 0 Å². The molecule has 0 spiro atoms. The lowest BCUT2D eigenvalue weighted by atomic mass is 9.82. The zero-order valence-corrected chi connectivity index (χ0v) is 11.0. The molecule has 2 aliphatic carbocycles. The van der Waals surface area contributed by atoms with E-state index in [9.17, 15) is 0 Å². The summed E-state index contributed by atoms with van der Waals surface area (Å²) >= 11 is 0. The van der Waals surface area contributed by atoms with Crippen LogP contribution in [-0.4, -0.2) is 0 Å². The normalized spacial score (nSPS) is 21.3. The number of hydrogen-bond acceptors (Lipinski definition) is 1. The van der Waals surface area contributed by atoms with Crippen LogP contribution >= 0.6 is 0 Å². The first-order valence-corrected chi connectivity index (χ1v) is 6.99. The van der Waals surface area contributed by atoms with E-state index in [0.29, 0.717) is 5.92 Å². The van der Waals surface area contributed by atoms with Crippen molar-refractivity contribution in [2.24, 2.45) is 0 Å². The van der Waals surface area contributed by atoms with Crippen molar-refractivity contribution in [2.45, 2.75) is 45.4 Å². The molecule has 2 aromatic rings. The molecule has 1 aromatic heterocycles. The van der Waals surface area contributed by atoms with Crippen LogP contribution in [0.3, 0.4) is 0 Å². The van der Waals surface area contributed by atoms with Crippen LogP contribution in [-0.2, 0) is 19.3 Å². The van der Waals surface area contributed by atoms with E-state index < -0.39 is 0 Å². The second-order valence-corrected chi connectivity index (χ2v) is 5.72. The van der Waals surface area contributed by atoms with Gasteiger partial charge in [-0.2, -0.15) is 0 Å². The van der Waals surface area contributed by atoms with Crippen molar-refractivity contribution >= 4 is 11.0 Å². The topological polar surface area (TPSA) is 13.1 Å². The maximum absolute atomic E-state index is 6.01. The highest BCUT2D eigenvalue weighted by atomic mass is 16.3. The summed E-state index contributed by atoms with van der Waals surface area (Å²) in [4.78, 5) is 0. The number of benzene rings is 1. The first kappa shape index (κ1) is 10.4. The smallest absolute Gasteiger partial charge is 0.138 e. The molecule has 4 rings (SSSR count). The van der Waals surface area contributed by atoms with Crippen molar-refractivity contribution in [3.8, 4) is 0 Å². The largest absolute Gasteiger partial charge is 0.461 e. The standard InChI is InChI=1S/C17H18O/c1-10-5-3-8-14-16(10)13-7-4-6-12(13)15-9-11(2)18-17(14)15/h3,5,9-10H,4,6-8H2,1-2H3. The molecule has 18 heavy (non-hydrogen) atoms. The predicted molar refractivity (Wildman–Crippen MR) is 74.2 cm³/mol. The van der Waals surface area contributed by atoms with Crippen molar-refractivity contribution in [1.29, 1.82) is 0 Å². The number of hydrogen-bond donors (Lipinski definition) is 0. The number of fused-ring (bicyclic) bond motifs is 6. The van der Waals surface area contributed by atoms with Gasteiger partial charge in [-0.3, -0.25) is 0 Å². The van der Waals surface area contributed by atoms with Gasteiger partial charge in [0.1, 0.15) is 11.3 Å². The van der Waals surface area contributed by atoms with Crippen molar-refractivity contribution in [2.75, 3.05) is 0 Å². The average Bonchev–Trinajstić information content (AvgIpc) is 2.94. The van der Waals surface area contributed by atoms with Gasteiger partial charge >= 0.3 is 0 Å². The highest BCUT2D eigenvalue weighted by Gasteiger charge is 2.27. The van der Waals surface area contributed by atoms with E-state index in [1.54, 1.807) is 16.7 Å². The van der Waals surface area contributed by atoms with Gasteiger partial charge in [0.2, 0.25) is 0 Å². The van der Waals surface area contributed by atoms with E-state index in [1.807, 2.05) is 0 Å². The quantitative estimate of drug-likeness (QED) is 0.618. The summed E-state index contributed by atoms with van der Waals surface area (Å²) in [7, 11) is 0. The molecule has 2 aliphatic rings. The fourth-order valence-corrected chi connectivity index (χ4v) is 3.84. The number of furan rings is 1. The van der Waals surface area contributed by atoms with E-state index in [4.69, 9.17) is 4.42 Å². The Morgan fingerprint density at radius 3 is 2.89 bits per heavy atom. The Kier molecular flexibility index (Phi) is 2.03. The zero-order valence-electron chi connectivity index (χ0n) is 11.0. The van der Waals surface area contributed by atoms with Crippen LogP contribution in [0.2, 0.25) is 0 Å². The van der Waals surface area contributed by atoms with Gasteiger partial charge in [-0.1, -0.05) is 19.1 Å². The Bertz CT molecular complexity index is 673. The lowest BCUT2D eigenvalue weighted by molar-refractivity contribution is 0.574. The molecule has 1 unspecified atom stereocenters. The fourth-order valence-electron chi connectivity index (χ4n) is 3.84. The van der Waals surface area contributed by atoms with Crippen molar-refractivity contribution < 1.29 is 4.42 Å². The minimum atomic E-state index is 0.551. The zero-order chi connectivity index (χ0) is 12.3. The first-order valence-electron chi connectivity index (χ1n) is 6.99. The Hall–Kier alpha value is -1.50. The van der Waals surface area contributed by atoms with Crippen LogP contribution in [0.25, 0.3) is 11.0 Å². The third-order valence-corrected chi connectivity index (χ3v) is 4.52. The van der Waals surface area contributed by atoms with Crippen molar-refractivity contribution in [1.82, 2.24) is 0 Å². The number of allylic oxidation sites excluding steroid dienone is 2. The summed E-state index contributed by atoms with van der Waals surface area (Å²) in [5.74, 6) is 1.60. The summed E-state index contributed by atoms with van der Waals surface area (Å²) < 4.78 is 6.01. The number of rotatable bonds is 0. The van der Waals surface area contributed by atoms with Crippen LogP contribution in [0.1, 0.15) is 47.3 Å². The van der Waals surface area contributed by atoms with Gasteiger partial charge in [0.25, 0.3) is 0 Å². The lowest BCUT2D eigenvalue weighted by Crippen LogP contribution is -2.07. The van der Waals surface area contributed by atoms with Gasteiger partial charge in [0, 0.05) is 10.9 Å². The molecule has 0 saturated heterocycles. The second-order valence-electron chi connectivity index (χ2n) is 5.72. The molecule has 0 bridgehead atoms. The first-order chi connectivity index (χ1) is 8.75. The maximum Gasteiger partial charge on any atom is 0.138 e. The summed E-state index contributed by atoms with van der Waals surface area (Å²) in [6, 6.07) is 2.24. The summed E-state index contributed by atoms with van der Waals surface area (Å²) in [5.41, 5.74) is 7.40. The van der Waals surface area contributed by atoms with Gasteiger partial charge in [-0.25, -0.2) is 0 Å². The molecule has 1 heteroatoms. The lowest BCUT2D eigenvalue weighted by Gasteiger charge is -2.22. The molecule has 92 valence electrons. The maximum atomic E-state index is 6.01. The minimum absolute atomic E-state index is 0.551. The molecule has 1 nitrogen and oxygen atoms in total. The monoisotopic (exact) mass is 238 g/mol. The van der Waals surface area contributed by atoms with Crippen LogP contribution in [0.15, 0.2) is 22.6 Å². The highest BCUT2D eigenvalue weighted by molar-refractivity contribution is 5.89. The fraction of sp³-hybridized carbons (Fsp3) is 0.412. The van der Waals surface area contributed by atoms with E-state index in [0.717, 1.165) is 12.2 Å². The molecule has 0 amide bonds. The second kappa shape index (κ2) is 3.50. The van der Waals surface area contributed by atoms with Crippen molar-refractivity contribution in [3.63, 3.8) is 0 Å². The predicted octanol–water partition coefficient (Wildman–Crippen LogP) is 4.45. The van der Waals surface area contributed by atoms with E-state index in [-0.39, 0.29) is 0 Å². The van der Waals surface area contributed by atoms with E-state index in [1.165, 1.54) is 35.8 Å². The molecular formula is C17H18O. The molecule has 1 heterocycles. The minimum Gasteiger partial charge on any atom is -0.461 e. The summed E-state index contributed by atoms with van der Waals surface area (Å²) in [6.07, 6.45) is 9.48. The van der Waals surface area contributed by atoms with E-state index in [2.05, 4.69) is 32.1 Å². The Balaban J connectivity index is 2.17. The van der Waals surface area contributed by atoms with Gasteiger partial charge in [-0.15, -0.1) is 0 Å². The Morgan fingerprint density at radius 2 is 2.00 bits per heavy atom. The van der Waals surface area contributed by atoms with Crippen LogP contribution < -0.4 is 0 Å². The summed E-state index contributed by atoms with van der Waals surface area (Å²) in [5, 5.41) is 1.39. The SMILES string of the molecule is Cc1cc2c3c(c4c(c2o1)CC=CC4C)CCC3. The van der Waals surface area contributed by atoms with Gasteiger partial charge in [0.15, 0.2) is 0 Å². The Labute approximate surface area is 107 Å². The van der Waals surface area contributed by atoms with Crippen LogP contribution in [0, 0.1) is 6.92 Å². The number of aryl methyl sites for hydroxylation is 2. The third-order valence-electron chi connectivity index (χ3n) is 4.52. The molecule has 1 aromatic carbocycles. The third kappa shape index (κ3) is 1.22. The molecule has 0 radical (unpaired) electrons. The molecule has 0 N–H and O–H groups in total. The Morgan fingerprint density at radius 1 is 1.17 bits per heavy atom. The van der Waals surface area contributed by atoms with Crippen molar-refractivity contribution in [3.05, 3.63) is 46.2 Å². The highest BCUT2D eigenvalue weighted by Crippen LogP contribution is 2.42.